The highest BCUT2D eigenvalue weighted by Crippen LogP contribution is 2.32. The van der Waals surface area contributed by atoms with Gasteiger partial charge in [-0.05, 0) is 43.2 Å². The zero-order valence-electron chi connectivity index (χ0n) is 12.3. The number of hydrogen-bond acceptors (Lipinski definition) is 4. The fraction of sp³-hybridized carbons (Fsp3) is 0.118. The van der Waals surface area contributed by atoms with Gasteiger partial charge in [0.15, 0.2) is 0 Å². The van der Waals surface area contributed by atoms with Gasteiger partial charge < -0.3 is 5.73 Å². The molecule has 0 bridgehead atoms. The minimum absolute atomic E-state index is 0.430. The Morgan fingerprint density at radius 3 is 2.64 bits per heavy atom. The van der Waals surface area contributed by atoms with E-state index in [-0.39, 0.29) is 0 Å². The van der Waals surface area contributed by atoms with Crippen LogP contribution in [0.1, 0.15) is 21.5 Å². The molecule has 0 fully saturated rings. The lowest BCUT2D eigenvalue weighted by molar-refractivity contribution is 0.100. The van der Waals surface area contributed by atoms with E-state index in [1.54, 1.807) is 29.7 Å². The van der Waals surface area contributed by atoms with Crippen LogP contribution >= 0.6 is 11.3 Å². The standard InChI is InChI=1S/C17H15N3OS/c1-10-3-4-12(16(18)21)7-13(10)17-20-15(9-22-17)14-8-19-6-5-11(14)2/h3-9H,1-2H3,(H2,18,21). The van der Waals surface area contributed by atoms with E-state index in [1.807, 2.05) is 37.6 Å². The summed E-state index contributed by atoms with van der Waals surface area (Å²) in [7, 11) is 0. The third-order valence-electron chi connectivity index (χ3n) is 3.57. The summed E-state index contributed by atoms with van der Waals surface area (Å²) in [6, 6.07) is 7.40. The molecule has 2 aromatic heterocycles. The summed E-state index contributed by atoms with van der Waals surface area (Å²) in [5, 5.41) is 2.88. The number of aromatic nitrogens is 2. The third-order valence-corrected chi connectivity index (χ3v) is 4.45. The average molecular weight is 309 g/mol. The van der Waals surface area contributed by atoms with Crippen molar-refractivity contribution in [2.24, 2.45) is 5.73 Å². The Labute approximate surface area is 132 Å². The molecule has 0 saturated heterocycles. The van der Waals surface area contributed by atoms with Crippen LogP contribution in [0.3, 0.4) is 0 Å². The fourth-order valence-electron chi connectivity index (χ4n) is 2.26. The fourth-order valence-corrected chi connectivity index (χ4v) is 3.16. The van der Waals surface area contributed by atoms with E-state index < -0.39 is 5.91 Å². The number of aryl methyl sites for hydroxylation is 2. The highest BCUT2D eigenvalue weighted by Gasteiger charge is 2.12. The number of hydrogen-bond donors (Lipinski definition) is 1. The van der Waals surface area contributed by atoms with Crippen LogP contribution in [0, 0.1) is 13.8 Å². The lowest BCUT2D eigenvalue weighted by Gasteiger charge is -2.04. The first kappa shape index (κ1) is 14.4. The molecule has 110 valence electrons. The molecule has 0 saturated carbocycles. The molecule has 0 aliphatic carbocycles. The number of nitrogens with two attached hydrogens (primary N) is 1. The molecule has 0 spiro atoms. The summed E-state index contributed by atoms with van der Waals surface area (Å²) < 4.78 is 0. The number of thiazole rings is 1. The van der Waals surface area contributed by atoms with Crippen molar-refractivity contribution in [1.82, 2.24) is 9.97 Å². The molecule has 3 aromatic rings. The van der Waals surface area contributed by atoms with Crippen molar-refractivity contribution in [2.75, 3.05) is 0 Å². The van der Waals surface area contributed by atoms with Gasteiger partial charge in [0.2, 0.25) is 5.91 Å². The number of benzene rings is 1. The monoisotopic (exact) mass is 309 g/mol. The van der Waals surface area contributed by atoms with E-state index in [9.17, 15) is 4.79 Å². The van der Waals surface area contributed by atoms with Gasteiger partial charge in [0.25, 0.3) is 0 Å². The Morgan fingerprint density at radius 1 is 1.14 bits per heavy atom. The number of carbonyl (C=O) groups is 1. The highest BCUT2D eigenvalue weighted by atomic mass is 32.1. The van der Waals surface area contributed by atoms with Crippen molar-refractivity contribution < 1.29 is 4.79 Å². The minimum Gasteiger partial charge on any atom is -0.366 e. The molecule has 0 unspecified atom stereocenters. The SMILES string of the molecule is Cc1ccncc1-c1csc(-c2cc(C(N)=O)ccc2C)n1. The van der Waals surface area contributed by atoms with Gasteiger partial charge in [0.1, 0.15) is 5.01 Å². The summed E-state index contributed by atoms with van der Waals surface area (Å²) in [4.78, 5) is 20.2. The lowest BCUT2D eigenvalue weighted by Crippen LogP contribution is -2.10. The molecule has 22 heavy (non-hydrogen) atoms. The lowest BCUT2D eigenvalue weighted by atomic mass is 10.0. The minimum atomic E-state index is -0.430. The largest absolute Gasteiger partial charge is 0.366 e. The average Bonchev–Trinajstić information content (AvgIpc) is 2.97. The maximum Gasteiger partial charge on any atom is 0.248 e. The Balaban J connectivity index is 2.06. The molecule has 1 amide bonds. The number of carbonyl (C=O) groups excluding carboxylic acids is 1. The second-order valence-corrected chi connectivity index (χ2v) is 5.98. The molecule has 0 radical (unpaired) electrons. The smallest absolute Gasteiger partial charge is 0.248 e. The van der Waals surface area contributed by atoms with Crippen molar-refractivity contribution >= 4 is 17.2 Å². The van der Waals surface area contributed by atoms with Gasteiger partial charge in [-0.2, -0.15) is 0 Å². The van der Waals surface area contributed by atoms with E-state index in [2.05, 4.69) is 4.98 Å². The molecule has 2 heterocycles. The zero-order valence-corrected chi connectivity index (χ0v) is 13.1. The molecule has 3 rings (SSSR count). The first-order valence-corrected chi connectivity index (χ1v) is 7.71. The molecular weight excluding hydrogens is 294 g/mol. The number of amides is 1. The van der Waals surface area contributed by atoms with Gasteiger partial charge >= 0.3 is 0 Å². The van der Waals surface area contributed by atoms with E-state index >= 15 is 0 Å². The summed E-state index contributed by atoms with van der Waals surface area (Å²) in [5.74, 6) is -0.430. The zero-order chi connectivity index (χ0) is 15.7. The number of nitrogens with zero attached hydrogens (tertiary/aromatic N) is 2. The van der Waals surface area contributed by atoms with Crippen LogP contribution in [0.4, 0.5) is 0 Å². The third kappa shape index (κ3) is 2.63. The van der Waals surface area contributed by atoms with Crippen LogP contribution in [0.5, 0.6) is 0 Å². The Kier molecular flexibility index (Phi) is 3.73. The first-order chi connectivity index (χ1) is 10.6. The van der Waals surface area contributed by atoms with Crippen LogP contribution in [0.2, 0.25) is 0 Å². The van der Waals surface area contributed by atoms with Gasteiger partial charge in [-0.3, -0.25) is 9.78 Å². The van der Waals surface area contributed by atoms with Crippen molar-refractivity contribution in [3.63, 3.8) is 0 Å². The highest BCUT2D eigenvalue weighted by molar-refractivity contribution is 7.13. The summed E-state index contributed by atoms with van der Waals surface area (Å²) in [6.07, 6.45) is 3.59. The van der Waals surface area contributed by atoms with E-state index in [4.69, 9.17) is 10.7 Å². The second kappa shape index (κ2) is 5.69. The van der Waals surface area contributed by atoms with E-state index in [0.717, 1.165) is 33.0 Å². The topological polar surface area (TPSA) is 68.9 Å². The van der Waals surface area contributed by atoms with Crippen LogP contribution in [0.25, 0.3) is 21.8 Å². The maximum absolute atomic E-state index is 11.4. The molecule has 4 nitrogen and oxygen atoms in total. The van der Waals surface area contributed by atoms with Crippen molar-refractivity contribution in [2.45, 2.75) is 13.8 Å². The summed E-state index contributed by atoms with van der Waals surface area (Å²) >= 11 is 1.55. The van der Waals surface area contributed by atoms with Gasteiger partial charge in [0, 0.05) is 34.5 Å². The molecule has 5 heteroatoms. The molecule has 1 aromatic carbocycles. The summed E-state index contributed by atoms with van der Waals surface area (Å²) in [5.41, 5.74) is 10.9. The van der Waals surface area contributed by atoms with E-state index in [0.29, 0.717) is 5.56 Å². The van der Waals surface area contributed by atoms with Gasteiger partial charge in [-0.25, -0.2) is 4.98 Å². The Morgan fingerprint density at radius 2 is 1.91 bits per heavy atom. The molecular formula is C17H15N3OS. The Bertz CT molecular complexity index is 855. The maximum atomic E-state index is 11.4. The van der Waals surface area contributed by atoms with Crippen LogP contribution < -0.4 is 5.73 Å². The number of primary amides is 1. The van der Waals surface area contributed by atoms with Crippen molar-refractivity contribution in [3.8, 4) is 21.8 Å². The molecule has 0 aliphatic heterocycles. The van der Waals surface area contributed by atoms with Gasteiger partial charge in [-0.15, -0.1) is 11.3 Å². The summed E-state index contributed by atoms with van der Waals surface area (Å²) in [6.45, 7) is 4.03. The number of rotatable bonds is 3. The van der Waals surface area contributed by atoms with Gasteiger partial charge in [0.05, 0.1) is 5.69 Å². The number of pyridine rings is 1. The van der Waals surface area contributed by atoms with E-state index in [1.165, 1.54) is 0 Å². The quantitative estimate of drug-likeness (QED) is 0.804. The van der Waals surface area contributed by atoms with Gasteiger partial charge in [-0.1, -0.05) is 6.07 Å². The normalized spacial score (nSPS) is 10.6. The molecule has 2 N–H and O–H groups in total. The second-order valence-electron chi connectivity index (χ2n) is 5.12. The van der Waals surface area contributed by atoms with Crippen molar-refractivity contribution in [1.29, 1.82) is 0 Å². The van der Waals surface area contributed by atoms with Crippen LogP contribution in [-0.4, -0.2) is 15.9 Å². The van der Waals surface area contributed by atoms with Crippen LogP contribution in [0.15, 0.2) is 42.0 Å². The molecule has 0 atom stereocenters. The first-order valence-electron chi connectivity index (χ1n) is 6.83. The van der Waals surface area contributed by atoms with Crippen molar-refractivity contribution in [3.05, 3.63) is 58.7 Å². The molecule has 0 aliphatic rings. The predicted octanol–water partition coefficient (Wildman–Crippen LogP) is 3.59. The Hall–Kier alpha value is -2.53. The van der Waals surface area contributed by atoms with Crippen LogP contribution in [-0.2, 0) is 0 Å². The predicted molar refractivity (Wildman–Crippen MR) is 88.8 cm³/mol.